The lowest BCUT2D eigenvalue weighted by atomic mass is 10.3. The SMILES string of the molecule is Cc1ccsc1/C=C/C(=O)Nc1nc(C)c(-c2nccn2C(F)F)s1. The summed E-state index contributed by atoms with van der Waals surface area (Å²) in [5.41, 5.74) is 1.63. The maximum atomic E-state index is 13.0. The molecule has 3 aromatic heterocycles. The lowest BCUT2D eigenvalue weighted by Gasteiger charge is -2.04. The highest BCUT2D eigenvalue weighted by Gasteiger charge is 2.19. The molecule has 5 nitrogen and oxygen atoms in total. The summed E-state index contributed by atoms with van der Waals surface area (Å²) in [5.74, 6) is -0.194. The van der Waals surface area contributed by atoms with E-state index in [4.69, 9.17) is 0 Å². The minimum Gasteiger partial charge on any atom is -0.298 e. The van der Waals surface area contributed by atoms with E-state index in [1.807, 2.05) is 18.4 Å². The highest BCUT2D eigenvalue weighted by atomic mass is 32.1. The van der Waals surface area contributed by atoms with Gasteiger partial charge in [0.1, 0.15) is 0 Å². The Morgan fingerprint density at radius 3 is 2.88 bits per heavy atom. The van der Waals surface area contributed by atoms with Crippen molar-refractivity contribution in [1.29, 1.82) is 0 Å². The summed E-state index contributed by atoms with van der Waals surface area (Å²) in [5, 5.41) is 4.95. The molecule has 0 fully saturated rings. The topological polar surface area (TPSA) is 59.8 Å². The van der Waals surface area contributed by atoms with Crippen molar-refractivity contribution in [1.82, 2.24) is 14.5 Å². The van der Waals surface area contributed by atoms with Gasteiger partial charge < -0.3 is 0 Å². The number of nitrogens with one attached hydrogen (secondary N) is 1. The van der Waals surface area contributed by atoms with Crippen LogP contribution < -0.4 is 5.32 Å². The molecule has 0 aliphatic heterocycles. The number of nitrogens with zero attached hydrogens (tertiary/aromatic N) is 3. The number of carbonyl (C=O) groups excluding carboxylic acids is 1. The third-order valence-electron chi connectivity index (χ3n) is 3.40. The summed E-state index contributed by atoms with van der Waals surface area (Å²) >= 11 is 2.66. The van der Waals surface area contributed by atoms with Gasteiger partial charge >= 0.3 is 6.55 Å². The van der Waals surface area contributed by atoms with Crippen LogP contribution in [0, 0.1) is 13.8 Å². The van der Waals surface area contributed by atoms with Gasteiger partial charge in [-0.25, -0.2) is 9.97 Å². The van der Waals surface area contributed by atoms with Crippen LogP contribution in [-0.4, -0.2) is 20.4 Å². The number of hydrogen-bond acceptors (Lipinski definition) is 5. The molecule has 0 unspecified atom stereocenters. The Morgan fingerprint density at radius 2 is 2.20 bits per heavy atom. The van der Waals surface area contributed by atoms with Gasteiger partial charge in [-0.2, -0.15) is 8.78 Å². The van der Waals surface area contributed by atoms with Crippen LogP contribution in [0.4, 0.5) is 13.9 Å². The van der Waals surface area contributed by atoms with E-state index in [0.717, 1.165) is 26.3 Å². The summed E-state index contributed by atoms with van der Waals surface area (Å²) in [6.07, 6.45) is 5.68. The van der Waals surface area contributed by atoms with Gasteiger partial charge in [-0.15, -0.1) is 11.3 Å². The zero-order chi connectivity index (χ0) is 18.0. The number of aromatic nitrogens is 3. The van der Waals surface area contributed by atoms with Crippen molar-refractivity contribution < 1.29 is 13.6 Å². The van der Waals surface area contributed by atoms with Crippen LogP contribution in [0.15, 0.2) is 29.9 Å². The molecule has 0 saturated carbocycles. The zero-order valence-electron chi connectivity index (χ0n) is 13.4. The van der Waals surface area contributed by atoms with Gasteiger partial charge in [0.15, 0.2) is 11.0 Å². The van der Waals surface area contributed by atoms with Crippen LogP contribution in [-0.2, 0) is 4.79 Å². The maximum Gasteiger partial charge on any atom is 0.320 e. The number of thiazole rings is 1. The normalized spacial score (nSPS) is 11.6. The van der Waals surface area contributed by atoms with E-state index in [2.05, 4.69) is 15.3 Å². The van der Waals surface area contributed by atoms with E-state index in [1.165, 1.54) is 18.5 Å². The highest BCUT2D eigenvalue weighted by molar-refractivity contribution is 7.19. The average Bonchev–Trinajstić information content (AvgIpc) is 3.25. The number of imidazole rings is 1. The maximum absolute atomic E-state index is 13.0. The first kappa shape index (κ1) is 17.4. The van der Waals surface area contributed by atoms with Crippen LogP contribution in [0.5, 0.6) is 0 Å². The molecule has 0 atom stereocenters. The molecule has 130 valence electrons. The van der Waals surface area contributed by atoms with Crippen molar-refractivity contribution in [3.63, 3.8) is 0 Å². The van der Waals surface area contributed by atoms with Gasteiger partial charge in [-0.3, -0.25) is 14.7 Å². The Labute approximate surface area is 150 Å². The molecule has 3 heterocycles. The number of rotatable bonds is 5. The Hall–Kier alpha value is -2.39. The fourth-order valence-electron chi connectivity index (χ4n) is 2.16. The van der Waals surface area contributed by atoms with E-state index in [0.29, 0.717) is 15.7 Å². The molecule has 0 aliphatic carbocycles. The first-order valence-corrected chi connectivity index (χ1v) is 8.97. The van der Waals surface area contributed by atoms with E-state index in [-0.39, 0.29) is 11.7 Å². The molecule has 0 saturated heterocycles. The fourth-order valence-corrected chi connectivity index (χ4v) is 3.95. The number of amides is 1. The monoisotopic (exact) mass is 380 g/mol. The molecule has 1 amide bonds. The largest absolute Gasteiger partial charge is 0.320 e. The lowest BCUT2D eigenvalue weighted by Crippen LogP contribution is -2.07. The van der Waals surface area contributed by atoms with Crippen LogP contribution in [0.25, 0.3) is 16.8 Å². The number of aryl methyl sites for hydroxylation is 2. The number of alkyl halides is 2. The van der Waals surface area contributed by atoms with Gasteiger partial charge in [-0.1, -0.05) is 11.3 Å². The fraction of sp³-hybridized carbons (Fsp3) is 0.188. The minimum absolute atomic E-state index is 0.134. The van der Waals surface area contributed by atoms with E-state index in [1.54, 1.807) is 24.3 Å². The van der Waals surface area contributed by atoms with E-state index in [9.17, 15) is 13.6 Å². The molecular formula is C16H14F2N4OS2. The number of hydrogen-bond donors (Lipinski definition) is 1. The molecular weight excluding hydrogens is 366 g/mol. The van der Waals surface area contributed by atoms with Crippen molar-refractivity contribution in [2.24, 2.45) is 0 Å². The molecule has 0 aliphatic rings. The number of halogens is 2. The second-order valence-corrected chi connectivity index (χ2v) is 7.11. The molecule has 3 aromatic rings. The number of thiophene rings is 1. The molecule has 0 radical (unpaired) electrons. The molecule has 3 rings (SSSR count). The van der Waals surface area contributed by atoms with Crippen molar-refractivity contribution in [3.8, 4) is 10.7 Å². The Bertz CT molecular complexity index is 926. The number of anilines is 1. The minimum atomic E-state index is -2.69. The molecule has 0 aromatic carbocycles. The molecule has 0 spiro atoms. The summed E-state index contributed by atoms with van der Waals surface area (Å²) in [6.45, 7) is 0.973. The van der Waals surface area contributed by atoms with Crippen molar-refractivity contribution in [2.75, 3.05) is 5.32 Å². The van der Waals surface area contributed by atoms with Gasteiger partial charge in [0, 0.05) is 23.3 Å². The van der Waals surface area contributed by atoms with E-state index < -0.39 is 6.55 Å². The van der Waals surface area contributed by atoms with Gasteiger partial charge in [0.25, 0.3) is 0 Å². The van der Waals surface area contributed by atoms with Crippen LogP contribution >= 0.6 is 22.7 Å². The summed E-state index contributed by atoms with van der Waals surface area (Å²) in [7, 11) is 0. The third kappa shape index (κ3) is 3.83. The third-order valence-corrected chi connectivity index (χ3v) is 5.45. The summed E-state index contributed by atoms with van der Waals surface area (Å²) < 4.78 is 26.8. The molecule has 9 heteroatoms. The lowest BCUT2D eigenvalue weighted by molar-refractivity contribution is -0.111. The second kappa shape index (κ2) is 7.24. The zero-order valence-corrected chi connectivity index (χ0v) is 15.0. The smallest absolute Gasteiger partial charge is 0.298 e. The second-order valence-electron chi connectivity index (χ2n) is 5.16. The standard InChI is InChI=1S/C16H14F2N4OS2/c1-9-5-8-24-11(9)3-4-12(23)21-16-20-10(2)13(25-16)14-19-6-7-22(14)15(17)18/h3-8,15H,1-2H3,(H,20,21,23)/b4-3+. The van der Waals surface area contributed by atoms with Crippen LogP contribution in [0.1, 0.15) is 22.7 Å². The molecule has 0 bridgehead atoms. The van der Waals surface area contributed by atoms with Crippen molar-refractivity contribution in [2.45, 2.75) is 20.4 Å². The van der Waals surface area contributed by atoms with Gasteiger partial charge in [-0.05, 0) is 36.9 Å². The average molecular weight is 380 g/mol. The first-order valence-electron chi connectivity index (χ1n) is 7.27. The van der Waals surface area contributed by atoms with Gasteiger partial charge in [0.05, 0.1) is 10.6 Å². The summed E-state index contributed by atoms with van der Waals surface area (Å²) in [4.78, 5) is 21.7. The van der Waals surface area contributed by atoms with E-state index >= 15 is 0 Å². The Kier molecular flexibility index (Phi) is 5.05. The first-order chi connectivity index (χ1) is 12.0. The molecule has 25 heavy (non-hydrogen) atoms. The quantitative estimate of drug-likeness (QED) is 0.651. The molecule has 1 N–H and O–H groups in total. The Balaban J connectivity index is 1.76. The predicted molar refractivity (Wildman–Crippen MR) is 96.0 cm³/mol. The Morgan fingerprint density at radius 1 is 1.40 bits per heavy atom. The van der Waals surface area contributed by atoms with Crippen molar-refractivity contribution >= 4 is 39.8 Å². The van der Waals surface area contributed by atoms with Crippen LogP contribution in [0.2, 0.25) is 0 Å². The van der Waals surface area contributed by atoms with Crippen LogP contribution in [0.3, 0.4) is 0 Å². The van der Waals surface area contributed by atoms with Gasteiger partial charge in [0.2, 0.25) is 5.91 Å². The highest BCUT2D eigenvalue weighted by Crippen LogP contribution is 2.33. The van der Waals surface area contributed by atoms with Crippen molar-refractivity contribution in [3.05, 3.63) is 46.1 Å². The number of carbonyl (C=O) groups is 1. The summed E-state index contributed by atoms with van der Waals surface area (Å²) in [6, 6.07) is 1.98. The predicted octanol–water partition coefficient (Wildman–Crippen LogP) is 4.73.